The highest BCUT2D eigenvalue weighted by Crippen LogP contribution is 2.23. The Morgan fingerprint density at radius 2 is 2.00 bits per heavy atom. The summed E-state index contributed by atoms with van der Waals surface area (Å²) in [6, 6.07) is 6.53. The summed E-state index contributed by atoms with van der Waals surface area (Å²) in [6.07, 6.45) is 0. The van der Waals surface area contributed by atoms with E-state index in [0.717, 1.165) is 4.47 Å². The second-order valence-electron chi connectivity index (χ2n) is 4.17. The maximum Gasteiger partial charge on any atom is 0.193 e. The maximum atomic E-state index is 11.8. The molecule has 0 unspecified atom stereocenters. The van der Waals surface area contributed by atoms with Gasteiger partial charge in [-0.15, -0.1) is 0 Å². The molecule has 3 nitrogen and oxygen atoms in total. The first kappa shape index (κ1) is 11.4. The molecule has 1 heterocycles. The number of hydrogen-bond acceptors (Lipinski definition) is 3. The first-order chi connectivity index (χ1) is 7.38. The predicted octanol–water partition coefficient (Wildman–Crippen LogP) is 2.78. The molecule has 0 bridgehead atoms. The quantitative estimate of drug-likeness (QED) is 0.875. The van der Waals surface area contributed by atoms with Crippen LogP contribution >= 0.6 is 15.9 Å². The zero-order valence-electron chi connectivity index (χ0n) is 8.95. The van der Waals surface area contributed by atoms with Crippen molar-refractivity contribution in [3.05, 3.63) is 44.7 Å². The summed E-state index contributed by atoms with van der Waals surface area (Å²) in [7, 11) is 0. The van der Waals surface area contributed by atoms with E-state index < -0.39 is 5.60 Å². The lowest BCUT2D eigenvalue weighted by atomic mass is 10.1. The number of benzene rings is 1. The van der Waals surface area contributed by atoms with E-state index in [4.69, 9.17) is 4.42 Å². The van der Waals surface area contributed by atoms with Gasteiger partial charge in [-0.25, -0.2) is 0 Å². The molecule has 0 aliphatic rings. The monoisotopic (exact) mass is 282 g/mol. The molecule has 84 valence electrons. The van der Waals surface area contributed by atoms with Crippen molar-refractivity contribution in [3.8, 4) is 0 Å². The van der Waals surface area contributed by atoms with Crippen molar-refractivity contribution in [2.75, 3.05) is 0 Å². The van der Waals surface area contributed by atoms with Crippen LogP contribution in [0.1, 0.15) is 19.6 Å². The summed E-state index contributed by atoms with van der Waals surface area (Å²) in [4.78, 5) is 11.8. The zero-order chi connectivity index (χ0) is 11.9. The third-order valence-corrected chi connectivity index (χ3v) is 2.79. The van der Waals surface area contributed by atoms with E-state index in [1.807, 2.05) is 0 Å². The zero-order valence-corrected chi connectivity index (χ0v) is 10.5. The molecule has 0 aliphatic heterocycles. The molecule has 1 aromatic carbocycles. The van der Waals surface area contributed by atoms with Crippen LogP contribution in [-0.4, -0.2) is 5.11 Å². The van der Waals surface area contributed by atoms with Gasteiger partial charge in [0.1, 0.15) is 16.9 Å². The molecular formula is C12H11BrO3. The van der Waals surface area contributed by atoms with Crippen molar-refractivity contribution in [2.24, 2.45) is 0 Å². The molecule has 0 saturated heterocycles. The maximum absolute atomic E-state index is 11.8. The van der Waals surface area contributed by atoms with E-state index in [0.29, 0.717) is 11.0 Å². The fraction of sp³-hybridized carbons (Fsp3) is 0.250. The highest BCUT2D eigenvalue weighted by Gasteiger charge is 2.20. The Morgan fingerprint density at radius 1 is 1.31 bits per heavy atom. The molecule has 0 aliphatic carbocycles. The fourth-order valence-corrected chi connectivity index (χ4v) is 1.79. The summed E-state index contributed by atoms with van der Waals surface area (Å²) >= 11 is 3.29. The molecule has 0 fully saturated rings. The van der Waals surface area contributed by atoms with E-state index in [1.165, 1.54) is 6.07 Å². The van der Waals surface area contributed by atoms with Crippen LogP contribution in [-0.2, 0) is 5.60 Å². The van der Waals surface area contributed by atoms with Crippen molar-refractivity contribution in [1.29, 1.82) is 0 Å². The largest absolute Gasteiger partial charge is 0.458 e. The minimum absolute atomic E-state index is 0.153. The molecule has 4 heteroatoms. The fourth-order valence-electron chi connectivity index (χ4n) is 1.43. The van der Waals surface area contributed by atoms with Crippen molar-refractivity contribution < 1.29 is 9.52 Å². The first-order valence-electron chi connectivity index (χ1n) is 4.84. The second kappa shape index (κ2) is 3.71. The highest BCUT2D eigenvalue weighted by molar-refractivity contribution is 9.10. The molecular weight excluding hydrogens is 272 g/mol. The van der Waals surface area contributed by atoms with Crippen LogP contribution in [0, 0.1) is 0 Å². The number of halogens is 1. The van der Waals surface area contributed by atoms with E-state index in [-0.39, 0.29) is 11.2 Å². The van der Waals surface area contributed by atoms with E-state index in [1.54, 1.807) is 32.0 Å². The van der Waals surface area contributed by atoms with Gasteiger partial charge in [-0.2, -0.15) is 0 Å². The lowest BCUT2D eigenvalue weighted by Gasteiger charge is -2.15. The van der Waals surface area contributed by atoms with Gasteiger partial charge in [0.05, 0.1) is 5.39 Å². The molecule has 2 aromatic rings. The van der Waals surface area contributed by atoms with Gasteiger partial charge in [-0.1, -0.05) is 15.9 Å². The van der Waals surface area contributed by atoms with Crippen LogP contribution in [0.5, 0.6) is 0 Å². The number of hydrogen-bond donors (Lipinski definition) is 1. The van der Waals surface area contributed by atoms with Crippen LogP contribution < -0.4 is 5.43 Å². The van der Waals surface area contributed by atoms with Crippen LogP contribution in [0.25, 0.3) is 11.0 Å². The number of rotatable bonds is 1. The smallest absolute Gasteiger partial charge is 0.193 e. The third-order valence-electron chi connectivity index (χ3n) is 2.29. The Kier molecular flexibility index (Phi) is 2.64. The Labute approximate surface area is 101 Å². The lowest BCUT2D eigenvalue weighted by molar-refractivity contribution is 0.0545. The first-order valence-corrected chi connectivity index (χ1v) is 5.63. The summed E-state index contributed by atoms with van der Waals surface area (Å²) < 4.78 is 6.31. The summed E-state index contributed by atoms with van der Waals surface area (Å²) in [5, 5.41) is 10.3. The topological polar surface area (TPSA) is 50.4 Å². The SMILES string of the molecule is CC(C)(O)c1cc(=O)c2cc(Br)ccc2o1. The summed E-state index contributed by atoms with van der Waals surface area (Å²) in [6.45, 7) is 3.16. The van der Waals surface area contributed by atoms with E-state index in [9.17, 15) is 9.90 Å². The van der Waals surface area contributed by atoms with Gasteiger partial charge >= 0.3 is 0 Å². The molecule has 2 rings (SSSR count). The third kappa shape index (κ3) is 2.03. The van der Waals surface area contributed by atoms with Crippen molar-refractivity contribution in [2.45, 2.75) is 19.4 Å². The molecule has 0 amide bonds. The Balaban J connectivity index is 2.79. The predicted molar refractivity (Wildman–Crippen MR) is 65.4 cm³/mol. The standard InChI is InChI=1S/C12H11BrO3/c1-12(2,15)11-6-9(14)8-5-7(13)3-4-10(8)16-11/h3-6,15H,1-2H3. The Morgan fingerprint density at radius 3 is 2.62 bits per heavy atom. The van der Waals surface area contributed by atoms with Crippen molar-refractivity contribution in [1.82, 2.24) is 0 Å². The molecule has 0 saturated carbocycles. The average Bonchev–Trinajstić information content (AvgIpc) is 2.17. The van der Waals surface area contributed by atoms with Gasteiger partial charge in [-0.3, -0.25) is 4.79 Å². The minimum atomic E-state index is -1.15. The van der Waals surface area contributed by atoms with Crippen molar-refractivity contribution >= 4 is 26.9 Å². The molecule has 0 spiro atoms. The molecule has 1 N–H and O–H groups in total. The molecule has 0 atom stereocenters. The molecule has 16 heavy (non-hydrogen) atoms. The van der Waals surface area contributed by atoms with Gasteiger partial charge in [0.15, 0.2) is 5.43 Å². The van der Waals surface area contributed by atoms with Gasteiger partial charge in [0, 0.05) is 10.5 Å². The van der Waals surface area contributed by atoms with E-state index in [2.05, 4.69) is 15.9 Å². The summed E-state index contributed by atoms with van der Waals surface area (Å²) in [5.74, 6) is 0.271. The Hall–Kier alpha value is -1.13. The van der Waals surface area contributed by atoms with Crippen LogP contribution in [0.2, 0.25) is 0 Å². The second-order valence-corrected chi connectivity index (χ2v) is 5.09. The van der Waals surface area contributed by atoms with Gasteiger partial charge in [-0.05, 0) is 32.0 Å². The van der Waals surface area contributed by atoms with Crippen LogP contribution in [0.3, 0.4) is 0 Å². The van der Waals surface area contributed by atoms with E-state index >= 15 is 0 Å². The van der Waals surface area contributed by atoms with Crippen LogP contribution in [0.4, 0.5) is 0 Å². The normalized spacial score (nSPS) is 12.0. The number of fused-ring (bicyclic) bond motifs is 1. The highest BCUT2D eigenvalue weighted by atomic mass is 79.9. The van der Waals surface area contributed by atoms with Gasteiger partial charge < -0.3 is 9.52 Å². The molecule has 0 radical (unpaired) electrons. The minimum Gasteiger partial charge on any atom is -0.458 e. The van der Waals surface area contributed by atoms with Crippen LogP contribution in [0.15, 0.2) is 37.9 Å². The van der Waals surface area contributed by atoms with Gasteiger partial charge in [0.2, 0.25) is 0 Å². The summed E-state index contributed by atoms with van der Waals surface area (Å²) in [5.41, 5.74) is -0.826. The average molecular weight is 283 g/mol. The Bertz CT molecular complexity index is 593. The van der Waals surface area contributed by atoms with Gasteiger partial charge in [0.25, 0.3) is 0 Å². The van der Waals surface area contributed by atoms with Crippen molar-refractivity contribution in [3.63, 3.8) is 0 Å². The lowest BCUT2D eigenvalue weighted by Crippen LogP contribution is -2.18. The number of aliphatic hydroxyl groups is 1. The molecule has 1 aromatic heterocycles.